The minimum Gasteiger partial charge on any atom is -0.481 e. The first-order valence-corrected chi connectivity index (χ1v) is 10.1. The molecule has 3 rings (SSSR count). The molecule has 7 nitrogen and oxygen atoms in total. The van der Waals surface area contributed by atoms with Gasteiger partial charge >= 0.3 is 12.1 Å². The molecule has 0 aliphatic heterocycles. The molecule has 1 aliphatic rings. The molecule has 1 atom stereocenters. The number of carboxylic acids is 1. The van der Waals surface area contributed by atoms with E-state index in [0.29, 0.717) is 6.42 Å². The number of carbonyl (C=O) groups is 3. The molecule has 1 unspecified atom stereocenters. The zero-order chi connectivity index (χ0) is 21.5. The zero-order valence-electron chi connectivity index (χ0n) is 16.9. The molecule has 0 radical (unpaired) electrons. The van der Waals surface area contributed by atoms with Crippen molar-refractivity contribution in [2.45, 2.75) is 38.1 Å². The summed E-state index contributed by atoms with van der Waals surface area (Å²) < 4.78 is 5.42. The molecule has 2 aromatic rings. The van der Waals surface area contributed by atoms with Gasteiger partial charge in [0.25, 0.3) is 0 Å². The van der Waals surface area contributed by atoms with Crippen LogP contribution in [0.3, 0.4) is 0 Å². The number of carboxylic acid groups (broad SMARTS) is 1. The van der Waals surface area contributed by atoms with E-state index in [-0.39, 0.29) is 43.9 Å². The largest absolute Gasteiger partial charge is 0.481 e. The Balaban J connectivity index is 1.43. The van der Waals surface area contributed by atoms with Crippen LogP contribution in [0, 0.1) is 0 Å². The molecule has 1 aliphatic carbocycles. The standard InChI is InChI=1S/C23H26N2O5/c1-15(10-11-22(27)28)25-21(26)12-13-24-23(29)30-14-20-18-8-4-2-6-16(18)17-7-3-5-9-19(17)20/h2-9,15,20H,10-14H2,1H3,(H,24,29)(H,25,26)(H,27,28). The predicted molar refractivity (Wildman–Crippen MR) is 112 cm³/mol. The van der Waals surface area contributed by atoms with E-state index in [0.717, 1.165) is 22.3 Å². The van der Waals surface area contributed by atoms with Crippen molar-refractivity contribution in [2.24, 2.45) is 0 Å². The number of rotatable bonds is 9. The fourth-order valence-electron chi connectivity index (χ4n) is 3.69. The lowest BCUT2D eigenvalue weighted by atomic mass is 9.98. The molecule has 30 heavy (non-hydrogen) atoms. The molecule has 3 N–H and O–H groups in total. The molecule has 2 aromatic carbocycles. The maximum atomic E-state index is 12.1. The van der Waals surface area contributed by atoms with Gasteiger partial charge in [0.15, 0.2) is 0 Å². The summed E-state index contributed by atoms with van der Waals surface area (Å²) >= 11 is 0. The van der Waals surface area contributed by atoms with E-state index in [2.05, 4.69) is 34.9 Å². The van der Waals surface area contributed by atoms with Crippen molar-refractivity contribution in [1.82, 2.24) is 10.6 Å². The van der Waals surface area contributed by atoms with Crippen molar-refractivity contribution >= 4 is 18.0 Å². The van der Waals surface area contributed by atoms with Crippen LogP contribution in [0.15, 0.2) is 48.5 Å². The Labute approximate surface area is 175 Å². The molecule has 0 saturated heterocycles. The molecular formula is C23H26N2O5. The summed E-state index contributed by atoms with van der Waals surface area (Å²) in [7, 11) is 0. The molecule has 0 aromatic heterocycles. The van der Waals surface area contributed by atoms with Crippen LogP contribution in [-0.2, 0) is 14.3 Å². The lowest BCUT2D eigenvalue weighted by molar-refractivity contribution is -0.137. The normalized spacial score (nSPS) is 13.1. The number of alkyl carbamates (subject to hydrolysis) is 1. The van der Waals surface area contributed by atoms with Crippen LogP contribution in [0.4, 0.5) is 4.79 Å². The Morgan fingerprint density at radius 3 is 2.20 bits per heavy atom. The van der Waals surface area contributed by atoms with Crippen LogP contribution in [0.1, 0.15) is 43.2 Å². The molecule has 0 spiro atoms. The van der Waals surface area contributed by atoms with Gasteiger partial charge < -0.3 is 20.5 Å². The second-order valence-electron chi connectivity index (χ2n) is 7.40. The van der Waals surface area contributed by atoms with Crippen molar-refractivity contribution < 1.29 is 24.2 Å². The summed E-state index contributed by atoms with van der Waals surface area (Å²) in [5.74, 6) is -1.15. The summed E-state index contributed by atoms with van der Waals surface area (Å²) in [5, 5.41) is 14.0. The van der Waals surface area contributed by atoms with E-state index in [1.54, 1.807) is 6.92 Å². The molecule has 0 saturated carbocycles. The third kappa shape index (κ3) is 5.37. The van der Waals surface area contributed by atoms with Gasteiger partial charge in [0, 0.05) is 31.3 Å². The number of nitrogens with one attached hydrogen (secondary N) is 2. The summed E-state index contributed by atoms with van der Waals surface area (Å²) in [5.41, 5.74) is 4.61. The van der Waals surface area contributed by atoms with E-state index >= 15 is 0 Å². The van der Waals surface area contributed by atoms with E-state index in [1.807, 2.05) is 24.3 Å². The second kappa shape index (κ2) is 9.91. The highest BCUT2D eigenvalue weighted by Gasteiger charge is 2.28. The van der Waals surface area contributed by atoms with Crippen molar-refractivity contribution in [2.75, 3.05) is 13.2 Å². The maximum Gasteiger partial charge on any atom is 0.407 e. The average Bonchev–Trinajstić information content (AvgIpc) is 3.04. The first kappa shape index (κ1) is 21.4. The highest BCUT2D eigenvalue weighted by atomic mass is 16.5. The zero-order valence-corrected chi connectivity index (χ0v) is 16.9. The number of fused-ring (bicyclic) bond motifs is 3. The van der Waals surface area contributed by atoms with Gasteiger partial charge in [-0.05, 0) is 35.6 Å². The third-order valence-electron chi connectivity index (χ3n) is 5.16. The number of benzene rings is 2. The van der Waals surface area contributed by atoms with Crippen molar-refractivity contribution in [1.29, 1.82) is 0 Å². The number of hydrogen-bond donors (Lipinski definition) is 3. The van der Waals surface area contributed by atoms with Crippen LogP contribution in [0.5, 0.6) is 0 Å². The number of carbonyl (C=O) groups excluding carboxylic acids is 2. The fourth-order valence-corrected chi connectivity index (χ4v) is 3.69. The molecular weight excluding hydrogens is 384 g/mol. The highest BCUT2D eigenvalue weighted by Crippen LogP contribution is 2.44. The van der Waals surface area contributed by atoms with Crippen LogP contribution in [-0.4, -0.2) is 42.3 Å². The van der Waals surface area contributed by atoms with Gasteiger partial charge in [-0.3, -0.25) is 9.59 Å². The van der Waals surface area contributed by atoms with Crippen molar-refractivity contribution in [3.63, 3.8) is 0 Å². The molecule has 2 amide bonds. The minimum atomic E-state index is -0.895. The fraction of sp³-hybridized carbons (Fsp3) is 0.348. The number of amides is 2. The molecule has 0 heterocycles. The second-order valence-corrected chi connectivity index (χ2v) is 7.40. The van der Waals surface area contributed by atoms with Gasteiger partial charge in [-0.15, -0.1) is 0 Å². The van der Waals surface area contributed by atoms with Gasteiger partial charge in [0.2, 0.25) is 5.91 Å². The summed E-state index contributed by atoms with van der Waals surface area (Å²) in [4.78, 5) is 34.5. The summed E-state index contributed by atoms with van der Waals surface area (Å²) in [6.45, 7) is 2.12. The van der Waals surface area contributed by atoms with Crippen molar-refractivity contribution in [3.8, 4) is 11.1 Å². The Kier molecular flexibility index (Phi) is 7.06. The lowest BCUT2D eigenvalue weighted by Gasteiger charge is -2.15. The lowest BCUT2D eigenvalue weighted by Crippen LogP contribution is -2.36. The summed E-state index contributed by atoms with van der Waals surface area (Å²) in [6, 6.07) is 16.0. The first-order valence-electron chi connectivity index (χ1n) is 10.1. The van der Waals surface area contributed by atoms with E-state index < -0.39 is 12.1 Å². The highest BCUT2D eigenvalue weighted by molar-refractivity contribution is 5.79. The molecule has 158 valence electrons. The van der Waals surface area contributed by atoms with Gasteiger partial charge in [0.1, 0.15) is 6.61 Å². The Morgan fingerprint density at radius 2 is 1.60 bits per heavy atom. The smallest absolute Gasteiger partial charge is 0.407 e. The van der Waals surface area contributed by atoms with Crippen LogP contribution >= 0.6 is 0 Å². The Bertz CT molecular complexity index is 882. The summed E-state index contributed by atoms with van der Waals surface area (Å²) in [6.07, 6.45) is -0.106. The minimum absolute atomic E-state index is 0.000549. The van der Waals surface area contributed by atoms with Gasteiger partial charge in [-0.1, -0.05) is 48.5 Å². The third-order valence-corrected chi connectivity index (χ3v) is 5.16. The topological polar surface area (TPSA) is 105 Å². The van der Waals surface area contributed by atoms with E-state index in [1.165, 1.54) is 0 Å². The van der Waals surface area contributed by atoms with Gasteiger partial charge in [-0.25, -0.2) is 4.79 Å². The SMILES string of the molecule is CC(CCC(=O)O)NC(=O)CCNC(=O)OCC1c2ccccc2-c2ccccc21. The van der Waals surface area contributed by atoms with Gasteiger partial charge in [-0.2, -0.15) is 0 Å². The van der Waals surface area contributed by atoms with Crippen molar-refractivity contribution in [3.05, 3.63) is 59.7 Å². The number of hydrogen-bond acceptors (Lipinski definition) is 4. The molecule has 0 bridgehead atoms. The Hall–Kier alpha value is -3.35. The average molecular weight is 410 g/mol. The van der Waals surface area contributed by atoms with Crippen LogP contribution in [0.25, 0.3) is 11.1 Å². The predicted octanol–water partition coefficient (Wildman–Crippen LogP) is 3.28. The van der Waals surface area contributed by atoms with E-state index in [4.69, 9.17) is 9.84 Å². The van der Waals surface area contributed by atoms with Crippen LogP contribution < -0.4 is 10.6 Å². The maximum absolute atomic E-state index is 12.1. The molecule has 7 heteroatoms. The van der Waals surface area contributed by atoms with Crippen LogP contribution in [0.2, 0.25) is 0 Å². The van der Waals surface area contributed by atoms with E-state index in [9.17, 15) is 14.4 Å². The number of aliphatic carboxylic acids is 1. The monoisotopic (exact) mass is 410 g/mol. The number of ether oxygens (including phenoxy) is 1. The quantitative estimate of drug-likeness (QED) is 0.588. The Morgan fingerprint density at radius 1 is 1.00 bits per heavy atom. The molecule has 0 fully saturated rings. The first-order chi connectivity index (χ1) is 14.5. The van der Waals surface area contributed by atoms with Gasteiger partial charge in [0.05, 0.1) is 0 Å².